The van der Waals surface area contributed by atoms with Gasteiger partial charge in [-0.3, -0.25) is 4.79 Å². The van der Waals surface area contributed by atoms with Gasteiger partial charge in [-0.05, 0) is 0 Å². The van der Waals surface area contributed by atoms with Crippen molar-refractivity contribution in [3.8, 4) is 0 Å². The molecule has 0 saturated heterocycles. The van der Waals surface area contributed by atoms with Crippen LogP contribution in [0.5, 0.6) is 0 Å². The van der Waals surface area contributed by atoms with E-state index in [0.717, 1.165) is 0 Å². The highest BCUT2D eigenvalue weighted by molar-refractivity contribution is 5.98. The zero-order chi connectivity index (χ0) is 12.3. The third-order valence-corrected chi connectivity index (χ3v) is 2.20. The van der Waals surface area contributed by atoms with E-state index >= 15 is 0 Å². The molecule has 0 unspecified atom stereocenters. The van der Waals surface area contributed by atoms with E-state index in [1.807, 2.05) is 0 Å². The molecule has 0 spiro atoms. The first-order valence-electron chi connectivity index (χ1n) is 5.10. The van der Waals surface area contributed by atoms with E-state index in [1.54, 1.807) is 20.8 Å². The van der Waals surface area contributed by atoms with E-state index in [0.29, 0.717) is 5.69 Å². The van der Waals surface area contributed by atoms with Gasteiger partial charge in [-0.15, -0.1) is 5.10 Å². The summed E-state index contributed by atoms with van der Waals surface area (Å²) in [6.07, 6.45) is 0. The van der Waals surface area contributed by atoms with E-state index in [4.69, 9.17) is 5.11 Å². The predicted molar refractivity (Wildman–Crippen MR) is 56.8 cm³/mol. The van der Waals surface area contributed by atoms with Crippen LogP contribution in [-0.4, -0.2) is 37.6 Å². The molecule has 0 aromatic carbocycles. The van der Waals surface area contributed by atoms with Gasteiger partial charge >= 0.3 is 0 Å². The van der Waals surface area contributed by atoms with Crippen molar-refractivity contribution in [1.29, 1.82) is 0 Å². The molecule has 0 aliphatic carbocycles. The molecule has 0 fully saturated rings. The highest BCUT2D eigenvalue weighted by Crippen LogP contribution is 2.21. The Labute approximate surface area is 93.9 Å². The molecule has 1 rings (SSSR count). The van der Waals surface area contributed by atoms with Gasteiger partial charge in [-0.25, -0.2) is 4.68 Å². The zero-order valence-corrected chi connectivity index (χ0v) is 9.77. The summed E-state index contributed by atoms with van der Waals surface area (Å²) in [6.45, 7) is 5.13. The molecule has 1 aromatic rings. The first kappa shape index (κ1) is 12.8. The Hall–Kier alpha value is -1.27. The summed E-state index contributed by atoms with van der Waals surface area (Å²) in [5.74, 6) is -0.166. The second-order valence-corrected chi connectivity index (χ2v) is 4.57. The van der Waals surface area contributed by atoms with Crippen LogP contribution in [0.4, 0.5) is 0 Å². The number of hydrogen-bond acceptors (Lipinski definition) is 5. The molecule has 0 bridgehead atoms. The van der Waals surface area contributed by atoms with Crippen LogP contribution < -0.4 is 0 Å². The number of hydrogen-bond donors (Lipinski definition) is 2. The average molecular weight is 227 g/mol. The Kier molecular flexibility index (Phi) is 3.77. The lowest BCUT2D eigenvalue weighted by Gasteiger charge is -2.15. The van der Waals surface area contributed by atoms with Crippen LogP contribution in [0, 0.1) is 5.41 Å². The summed E-state index contributed by atoms with van der Waals surface area (Å²) in [7, 11) is 0. The molecule has 0 amide bonds. The lowest BCUT2D eigenvalue weighted by atomic mass is 9.88. The smallest absolute Gasteiger partial charge is 0.190 e. The third kappa shape index (κ3) is 2.45. The highest BCUT2D eigenvalue weighted by Gasteiger charge is 2.28. The van der Waals surface area contributed by atoms with E-state index in [1.165, 1.54) is 4.68 Å². The number of aliphatic hydroxyl groups is 2. The first-order chi connectivity index (χ1) is 7.41. The van der Waals surface area contributed by atoms with Gasteiger partial charge < -0.3 is 10.2 Å². The lowest BCUT2D eigenvalue weighted by molar-refractivity contribution is 0.0849. The van der Waals surface area contributed by atoms with Gasteiger partial charge in [0.15, 0.2) is 11.5 Å². The first-order valence-corrected chi connectivity index (χ1v) is 5.10. The van der Waals surface area contributed by atoms with Gasteiger partial charge in [0.25, 0.3) is 0 Å². The normalized spacial score (nSPS) is 11.8. The summed E-state index contributed by atoms with van der Waals surface area (Å²) in [6, 6.07) is 0. The number of nitrogens with zero attached hydrogens (tertiary/aromatic N) is 3. The quantitative estimate of drug-likeness (QED) is 0.706. The molecule has 90 valence electrons. The summed E-state index contributed by atoms with van der Waals surface area (Å²) < 4.78 is 1.35. The van der Waals surface area contributed by atoms with Crippen molar-refractivity contribution in [3.05, 3.63) is 11.4 Å². The SMILES string of the molecule is CC(C)(C)C(=O)c1nnn(CCO)c1CO. The number of Topliss-reactive ketones (excluding diaryl/α,β-unsaturated/α-hetero) is 1. The largest absolute Gasteiger partial charge is 0.394 e. The molecule has 6 nitrogen and oxygen atoms in total. The Morgan fingerprint density at radius 1 is 1.38 bits per heavy atom. The fraction of sp³-hybridized carbons (Fsp3) is 0.700. The van der Waals surface area contributed by atoms with Crippen molar-refractivity contribution in [1.82, 2.24) is 15.0 Å². The Balaban J connectivity index is 3.10. The molecule has 6 heteroatoms. The number of aromatic nitrogens is 3. The molecular weight excluding hydrogens is 210 g/mol. The summed E-state index contributed by atoms with van der Waals surface area (Å²) in [5.41, 5.74) is -0.0262. The van der Waals surface area contributed by atoms with Crippen LogP contribution in [0.15, 0.2) is 0 Å². The second kappa shape index (κ2) is 4.71. The van der Waals surface area contributed by atoms with Crippen LogP contribution in [0.2, 0.25) is 0 Å². The monoisotopic (exact) mass is 227 g/mol. The number of aliphatic hydroxyl groups excluding tert-OH is 2. The van der Waals surface area contributed by atoms with Crippen LogP contribution >= 0.6 is 0 Å². The summed E-state index contributed by atoms with van der Waals surface area (Å²) in [4.78, 5) is 12.0. The maximum Gasteiger partial charge on any atom is 0.190 e. The van der Waals surface area contributed by atoms with Gasteiger partial charge in [0.1, 0.15) is 0 Å². The van der Waals surface area contributed by atoms with Crippen LogP contribution in [0.3, 0.4) is 0 Å². The van der Waals surface area contributed by atoms with Crippen LogP contribution in [0.25, 0.3) is 0 Å². The number of carbonyl (C=O) groups excluding carboxylic acids is 1. The van der Waals surface area contributed by atoms with Gasteiger partial charge in [0, 0.05) is 5.41 Å². The van der Waals surface area contributed by atoms with Gasteiger partial charge in [0.05, 0.1) is 25.5 Å². The maximum atomic E-state index is 12.0. The number of ketones is 1. The van der Waals surface area contributed by atoms with Crippen molar-refractivity contribution >= 4 is 5.78 Å². The van der Waals surface area contributed by atoms with Crippen LogP contribution in [-0.2, 0) is 13.2 Å². The molecule has 0 aliphatic rings. The minimum Gasteiger partial charge on any atom is -0.394 e. The number of rotatable bonds is 4. The van der Waals surface area contributed by atoms with E-state index in [2.05, 4.69) is 10.3 Å². The van der Waals surface area contributed by atoms with Gasteiger partial charge in [0.2, 0.25) is 0 Å². The Morgan fingerprint density at radius 3 is 2.44 bits per heavy atom. The fourth-order valence-corrected chi connectivity index (χ4v) is 1.30. The van der Waals surface area contributed by atoms with Crippen molar-refractivity contribution in [2.45, 2.75) is 33.9 Å². The Morgan fingerprint density at radius 2 is 2.00 bits per heavy atom. The molecule has 1 aromatic heterocycles. The molecule has 0 aliphatic heterocycles. The van der Waals surface area contributed by atoms with Gasteiger partial charge in [-0.2, -0.15) is 0 Å². The molecular formula is C10H17N3O3. The van der Waals surface area contributed by atoms with Crippen molar-refractivity contribution in [2.75, 3.05) is 6.61 Å². The molecule has 0 radical (unpaired) electrons. The summed E-state index contributed by atoms with van der Waals surface area (Å²) >= 11 is 0. The van der Waals surface area contributed by atoms with Crippen molar-refractivity contribution in [3.63, 3.8) is 0 Å². The van der Waals surface area contributed by atoms with Crippen molar-refractivity contribution in [2.24, 2.45) is 5.41 Å². The minimum atomic E-state index is -0.565. The highest BCUT2D eigenvalue weighted by atomic mass is 16.3. The topological polar surface area (TPSA) is 88.2 Å². The molecule has 0 atom stereocenters. The second-order valence-electron chi connectivity index (χ2n) is 4.57. The zero-order valence-electron chi connectivity index (χ0n) is 9.77. The van der Waals surface area contributed by atoms with Crippen molar-refractivity contribution < 1.29 is 15.0 Å². The minimum absolute atomic E-state index is 0.112. The molecule has 16 heavy (non-hydrogen) atoms. The van der Waals surface area contributed by atoms with E-state index < -0.39 is 5.41 Å². The van der Waals surface area contributed by atoms with E-state index in [9.17, 15) is 9.90 Å². The predicted octanol–water partition coefficient (Wildman–Crippen LogP) is -0.00850. The van der Waals surface area contributed by atoms with Crippen LogP contribution in [0.1, 0.15) is 37.0 Å². The van der Waals surface area contributed by atoms with Gasteiger partial charge in [-0.1, -0.05) is 26.0 Å². The lowest BCUT2D eigenvalue weighted by Crippen LogP contribution is -2.22. The number of carbonyl (C=O) groups is 1. The standard InChI is InChI=1S/C10H17N3O3/c1-10(2,3)9(16)8-7(6-15)13(4-5-14)12-11-8/h14-15H,4-6H2,1-3H3. The average Bonchev–Trinajstić information content (AvgIpc) is 2.58. The molecule has 2 N–H and O–H groups in total. The van der Waals surface area contributed by atoms with E-state index in [-0.39, 0.29) is 31.2 Å². The Bertz CT molecular complexity index is 379. The summed E-state index contributed by atoms with van der Waals surface area (Å²) in [5, 5.41) is 25.5. The fourth-order valence-electron chi connectivity index (χ4n) is 1.30. The third-order valence-electron chi connectivity index (χ3n) is 2.20. The molecule has 1 heterocycles. The molecule has 0 saturated carbocycles. The maximum absolute atomic E-state index is 12.0.